The number of esters is 1. The van der Waals surface area contributed by atoms with Crippen LogP contribution in [-0.4, -0.2) is 24.7 Å². The molecule has 1 amide bonds. The molecule has 1 N–H and O–H groups in total. The number of hydrogen-bond donors (Lipinski definition) is 1. The molecule has 0 heterocycles. The number of hydrogen-bond acceptors (Lipinski definition) is 5. The Morgan fingerprint density at radius 1 is 0.879 bits per heavy atom. The van der Waals surface area contributed by atoms with Crippen LogP contribution in [0.15, 0.2) is 96.1 Å². The van der Waals surface area contributed by atoms with Gasteiger partial charge < -0.3 is 9.47 Å². The highest BCUT2D eigenvalue weighted by atomic mass is 35.5. The zero-order valence-electron chi connectivity index (χ0n) is 17.4. The molecule has 0 saturated heterocycles. The first-order valence-corrected chi connectivity index (χ1v) is 10.5. The van der Waals surface area contributed by atoms with Gasteiger partial charge in [0.2, 0.25) is 0 Å². The van der Waals surface area contributed by atoms with E-state index < -0.39 is 5.97 Å². The summed E-state index contributed by atoms with van der Waals surface area (Å²) in [6, 6.07) is 26.6. The van der Waals surface area contributed by atoms with Gasteiger partial charge in [-0.05, 0) is 65.5 Å². The maximum absolute atomic E-state index is 12.1. The average Bonchev–Trinajstić information content (AvgIpc) is 2.84. The molecule has 0 aliphatic rings. The monoisotopic (exact) mass is 458 g/mol. The van der Waals surface area contributed by atoms with Crippen molar-refractivity contribution in [3.63, 3.8) is 0 Å². The number of ether oxygens (including phenoxy) is 2. The van der Waals surface area contributed by atoms with E-state index in [0.29, 0.717) is 22.1 Å². The Morgan fingerprint density at radius 2 is 1.61 bits per heavy atom. The number of benzene rings is 4. The quantitative estimate of drug-likeness (QED) is 0.178. The molecule has 0 radical (unpaired) electrons. The van der Waals surface area contributed by atoms with Gasteiger partial charge in [0.15, 0.2) is 6.61 Å². The van der Waals surface area contributed by atoms with Gasteiger partial charge in [0.25, 0.3) is 5.91 Å². The van der Waals surface area contributed by atoms with Crippen molar-refractivity contribution in [1.29, 1.82) is 0 Å². The van der Waals surface area contributed by atoms with Crippen molar-refractivity contribution in [3.8, 4) is 11.5 Å². The Kier molecular flexibility index (Phi) is 6.97. The molecule has 164 valence electrons. The molecule has 0 saturated carbocycles. The van der Waals surface area contributed by atoms with Crippen molar-refractivity contribution in [2.24, 2.45) is 5.10 Å². The van der Waals surface area contributed by atoms with E-state index in [4.69, 9.17) is 21.1 Å². The number of nitrogens with one attached hydrogen (secondary N) is 1. The molecular weight excluding hydrogens is 440 g/mol. The zero-order valence-corrected chi connectivity index (χ0v) is 18.2. The molecule has 6 nitrogen and oxygen atoms in total. The third-order valence-electron chi connectivity index (χ3n) is 4.68. The van der Waals surface area contributed by atoms with Crippen LogP contribution in [0.25, 0.3) is 10.8 Å². The molecule has 0 aliphatic carbocycles. The van der Waals surface area contributed by atoms with Gasteiger partial charge in [-0.1, -0.05) is 48.0 Å². The number of carbonyl (C=O) groups excluding carboxylic acids is 2. The summed E-state index contributed by atoms with van der Waals surface area (Å²) in [6.07, 6.45) is 1.49. The third kappa shape index (κ3) is 5.96. The van der Waals surface area contributed by atoms with Gasteiger partial charge in [0, 0.05) is 10.4 Å². The van der Waals surface area contributed by atoms with Crippen molar-refractivity contribution in [3.05, 3.63) is 107 Å². The van der Waals surface area contributed by atoms with Crippen LogP contribution in [0.3, 0.4) is 0 Å². The molecule has 0 spiro atoms. The highest BCUT2D eigenvalue weighted by molar-refractivity contribution is 6.30. The molecule has 0 bridgehead atoms. The van der Waals surface area contributed by atoms with Gasteiger partial charge in [-0.15, -0.1) is 0 Å². The highest BCUT2D eigenvalue weighted by Crippen LogP contribution is 2.25. The molecule has 4 aromatic carbocycles. The molecule has 33 heavy (non-hydrogen) atoms. The smallest absolute Gasteiger partial charge is 0.343 e. The van der Waals surface area contributed by atoms with E-state index in [0.717, 1.165) is 16.3 Å². The Bertz CT molecular complexity index is 1300. The second-order valence-corrected chi connectivity index (χ2v) is 7.46. The molecular formula is C26H19ClN2O4. The third-order valence-corrected chi connectivity index (χ3v) is 4.93. The first-order valence-electron chi connectivity index (χ1n) is 10.1. The summed E-state index contributed by atoms with van der Waals surface area (Å²) in [5.41, 5.74) is 3.55. The molecule has 0 atom stereocenters. The van der Waals surface area contributed by atoms with Gasteiger partial charge in [-0.2, -0.15) is 5.10 Å². The van der Waals surface area contributed by atoms with Crippen LogP contribution < -0.4 is 14.9 Å². The lowest BCUT2D eigenvalue weighted by atomic mass is 10.1. The number of halogens is 1. The molecule has 0 aliphatic heterocycles. The van der Waals surface area contributed by atoms with Crippen LogP contribution in [0.4, 0.5) is 0 Å². The van der Waals surface area contributed by atoms with Crippen LogP contribution in [0, 0.1) is 0 Å². The van der Waals surface area contributed by atoms with Crippen molar-refractivity contribution in [1.82, 2.24) is 5.43 Å². The minimum atomic E-state index is -0.480. The number of rotatable bonds is 7. The predicted molar refractivity (Wildman–Crippen MR) is 128 cm³/mol. The SMILES string of the molecule is O=C(COc1cccc2ccccc12)N/N=C/c1ccc(OC(=O)c2ccc(Cl)cc2)cc1. The van der Waals surface area contributed by atoms with Crippen LogP contribution in [0.5, 0.6) is 11.5 Å². The van der Waals surface area contributed by atoms with Crippen molar-refractivity contribution < 1.29 is 19.1 Å². The van der Waals surface area contributed by atoms with E-state index in [2.05, 4.69) is 10.5 Å². The second-order valence-electron chi connectivity index (χ2n) is 7.02. The molecule has 0 fully saturated rings. The summed E-state index contributed by atoms with van der Waals surface area (Å²) in [7, 11) is 0. The Morgan fingerprint density at radius 3 is 2.39 bits per heavy atom. The van der Waals surface area contributed by atoms with E-state index in [-0.39, 0.29) is 12.5 Å². The zero-order chi connectivity index (χ0) is 23.0. The number of carbonyl (C=O) groups is 2. The minimum Gasteiger partial charge on any atom is -0.483 e. The summed E-state index contributed by atoms with van der Waals surface area (Å²) in [5.74, 6) is 0.162. The van der Waals surface area contributed by atoms with Gasteiger partial charge in [0.05, 0.1) is 11.8 Å². The van der Waals surface area contributed by atoms with Gasteiger partial charge >= 0.3 is 5.97 Å². The Labute approximate surface area is 195 Å². The molecule has 4 aromatic rings. The van der Waals surface area contributed by atoms with Gasteiger partial charge in [-0.3, -0.25) is 4.79 Å². The van der Waals surface area contributed by atoms with Crippen LogP contribution in [0.2, 0.25) is 5.02 Å². The summed E-state index contributed by atoms with van der Waals surface area (Å²) in [6.45, 7) is -0.162. The molecule has 4 rings (SSSR count). The summed E-state index contributed by atoms with van der Waals surface area (Å²) in [4.78, 5) is 24.2. The summed E-state index contributed by atoms with van der Waals surface area (Å²) < 4.78 is 11.0. The topological polar surface area (TPSA) is 77.0 Å². The lowest BCUT2D eigenvalue weighted by Crippen LogP contribution is -2.24. The van der Waals surface area contributed by atoms with Crippen molar-refractivity contribution >= 4 is 40.5 Å². The van der Waals surface area contributed by atoms with E-state index in [1.807, 2.05) is 42.5 Å². The van der Waals surface area contributed by atoms with Gasteiger partial charge in [0.1, 0.15) is 11.5 Å². The largest absolute Gasteiger partial charge is 0.483 e. The van der Waals surface area contributed by atoms with Gasteiger partial charge in [-0.25, -0.2) is 10.2 Å². The van der Waals surface area contributed by atoms with Crippen LogP contribution >= 0.6 is 11.6 Å². The Hall–Kier alpha value is -4.16. The number of hydrazone groups is 1. The maximum atomic E-state index is 12.1. The second kappa shape index (κ2) is 10.4. The first kappa shape index (κ1) is 22.0. The number of fused-ring (bicyclic) bond motifs is 1. The number of amides is 1. The lowest BCUT2D eigenvalue weighted by Gasteiger charge is -2.08. The fourth-order valence-electron chi connectivity index (χ4n) is 3.05. The maximum Gasteiger partial charge on any atom is 0.343 e. The highest BCUT2D eigenvalue weighted by Gasteiger charge is 2.08. The lowest BCUT2D eigenvalue weighted by molar-refractivity contribution is -0.123. The average molecular weight is 459 g/mol. The van der Waals surface area contributed by atoms with E-state index in [1.165, 1.54) is 6.21 Å². The van der Waals surface area contributed by atoms with Crippen molar-refractivity contribution in [2.45, 2.75) is 0 Å². The standard InChI is InChI=1S/C26H19ClN2O4/c27-21-12-10-20(11-13-21)26(31)33-22-14-8-18(9-15-22)16-28-29-25(30)17-32-24-7-3-5-19-4-1-2-6-23(19)24/h1-16H,17H2,(H,29,30)/b28-16+. The summed E-state index contributed by atoms with van der Waals surface area (Å²) >= 11 is 5.82. The van der Waals surface area contributed by atoms with E-state index in [1.54, 1.807) is 48.5 Å². The van der Waals surface area contributed by atoms with E-state index in [9.17, 15) is 9.59 Å². The normalized spacial score (nSPS) is 10.8. The predicted octanol–water partition coefficient (Wildman–Crippen LogP) is 5.24. The molecule has 7 heteroatoms. The van der Waals surface area contributed by atoms with Crippen LogP contribution in [0.1, 0.15) is 15.9 Å². The summed E-state index contributed by atoms with van der Waals surface area (Å²) in [5, 5.41) is 6.46. The Balaban J connectivity index is 1.27. The minimum absolute atomic E-state index is 0.162. The fraction of sp³-hybridized carbons (Fsp3) is 0.0385. The van der Waals surface area contributed by atoms with Crippen LogP contribution in [-0.2, 0) is 4.79 Å². The molecule has 0 unspecified atom stereocenters. The first-order chi connectivity index (χ1) is 16.1. The van der Waals surface area contributed by atoms with Crippen molar-refractivity contribution in [2.75, 3.05) is 6.61 Å². The van der Waals surface area contributed by atoms with E-state index >= 15 is 0 Å². The molecule has 0 aromatic heterocycles. The fourth-order valence-corrected chi connectivity index (χ4v) is 3.18. The number of nitrogens with zero attached hydrogens (tertiary/aromatic N) is 1.